The molecule has 1 amide bonds. The van der Waals surface area contributed by atoms with Crippen molar-refractivity contribution in [3.05, 3.63) is 48.5 Å². The molecule has 0 radical (unpaired) electrons. The fraction of sp³-hybridized carbons (Fsp3) is 0.300. The van der Waals surface area contributed by atoms with E-state index in [-0.39, 0.29) is 17.9 Å². The first-order valence-corrected chi connectivity index (χ1v) is 8.74. The van der Waals surface area contributed by atoms with Crippen molar-refractivity contribution in [1.82, 2.24) is 0 Å². The summed E-state index contributed by atoms with van der Waals surface area (Å²) in [6.07, 6.45) is 0.464. The summed E-state index contributed by atoms with van der Waals surface area (Å²) in [5.41, 5.74) is 0.0572. The summed E-state index contributed by atoms with van der Waals surface area (Å²) >= 11 is 0. The van der Waals surface area contributed by atoms with Crippen molar-refractivity contribution in [1.29, 1.82) is 0 Å². The first-order valence-electron chi connectivity index (χ1n) is 8.74. The Morgan fingerprint density at radius 2 is 1.72 bits per heavy atom. The zero-order chi connectivity index (χ0) is 21.1. The van der Waals surface area contributed by atoms with Crippen LogP contribution < -0.4 is 19.5 Å². The smallest absolute Gasteiger partial charge is 0.387 e. The summed E-state index contributed by atoms with van der Waals surface area (Å²) in [4.78, 5) is 23.6. The van der Waals surface area contributed by atoms with Gasteiger partial charge >= 0.3 is 12.6 Å². The third-order valence-corrected chi connectivity index (χ3v) is 3.59. The summed E-state index contributed by atoms with van der Waals surface area (Å²) in [5, 5.41) is 2.36. The van der Waals surface area contributed by atoms with E-state index in [0.717, 1.165) is 0 Å². The largest absolute Gasteiger partial charge is 0.497 e. The van der Waals surface area contributed by atoms with Gasteiger partial charge in [0.2, 0.25) is 0 Å². The number of hydrogen-bond acceptors (Lipinski definition) is 6. The molecule has 0 atom stereocenters. The Morgan fingerprint density at radius 1 is 1.03 bits per heavy atom. The van der Waals surface area contributed by atoms with Gasteiger partial charge in [-0.3, -0.25) is 9.59 Å². The van der Waals surface area contributed by atoms with Gasteiger partial charge < -0.3 is 24.3 Å². The average Bonchev–Trinajstić information content (AvgIpc) is 2.71. The molecule has 29 heavy (non-hydrogen) atoms. The SMILES string of the molecule is COc1ccc(OCCCC(=O)OCC(=O)Nc2ccccc2OC(F)F)cc1. The number of anilines is 1. The number of amides is 1. The molecule has 2 aromatic rings. The molecule has 0 aliphatic carbocycles. The minimum Gasteiger partial charge on any atom is -0.497 e. The molecule has 0 saturated heterocycles. The topological polar surface area (TPSA) is 83.1 Å². The third-order valence-electron chi connectivity index (χ3n) is 3.59. The highest BCUT2D eigenvalue weighted by molar-refractivity contribution is 5.94. The molecule has 0 aliphatic heterocycles. The molecule has 7 nitrogen and oxygen atoms in total. The standard InChI is InChI=1S/C20H21F2NO6/c1-26-14-8-10-15(11-9-14)27-12-4-7-19(25)28-13-18(24)23-16-5-2-3-6-17(16)29-20(21)22/h2-3,5-6,8-11,20H,4,7,12-13H2,1H3,(H,23,24). The van der Waals surface area contributed by atoms with Crippen molar-refractivity contribution < 1.29 is 37.3 Å². The molecule has 0 aliphatic rings. The highest BCUT2D eigenvalue weighted by atomic mass is 19.3. The maximum Gasteiger partial charge on any atom is 0.387 e. The van der Waals surface area contributed by atoms with E-state index in [1.165, 1.54) is 18.2 Å². The van der Waals surface area contributed by atoms with Crippen LogP contribution in [0.3, 0.4) is 0 Å². The van der Waals surface area contributed by atoms with E-state index < -0.39 is 25.1 Å². The van der Waals surface area contributed by atoms with Crippen molar-refractivity contribution >= 4 is 17.6 Å². The van der Waals surface area contributed by atoms with Gasteiger partial charge in [-0.05, 0) is 42.8 Å². The molecule has 0 heterocycles. The number of para-hydroxylation sites is 2. The second-order valence-electron chi connectivity index (χ2n) is 5.71. The number of ether oxygens (including phenoxy) is 4. The Balaban J connectivity index is 1.66. The second kappa shape index (κ2) is 11.5. The summed E-state index contributed by atoms with van der Waals surface area (Å²) in [7, 11) is 1.57. The van der Waals surface area contributed by atoms with Gasteiger partial charge in [-0.15, -0.1) is 0 Å². The van der Waals surface area contributed by atoms with Crippen LogP contribution in [0.2, 0.25) is 0 Å². The summed E-state index contributed by atoms with van der Waals surface area (Å²) < 4.78 is 44.4. The van der Waals surface area contributed by atoms with E-state index in [1.807, 2.05) is 0 Å². The van der Waals surface area contributed by atoms with Gasteiger partial charge in [-0.2, -0.15) is 8.78 Å². The van der Waals surface area contributed by atoms with Crippen molar-refractivity contribution in [2.24, 2.45) is 0 Å². The highest BCUT2D eigenvalue weighted by Gasteiger charge is 2.13. The van der Waals surface area contributed by atoms with E-state index in [0.29, 0.717) is 24.5 Å². The van der Waals surface area contributed by atoms with Crippen LogP contribution in [0.15, 0.2) is 48.5 Å². The lowest BCUT2D eigenvalue weighted by Crippen LogP contribution is -2.21. The molecule has 0 aromatic heterocycles. The van der Waals surface area contributed by atoms with Gasteiger partial charge in [0.15, 0.2) is 6.61 Å². The Hall–Kier alpha value is -3.36. The number of halogens is 2. The predicted molar refractivity (Wildman–Crippen MR) is 100 cm³/mol. The first kappa shape index (κ1) is 21.9. The van der Waals surface area contributed by atoms with Crippen LogP contribution in [0.5, 0.6) is 17.2 Å². The van der Waals surface area contributed by atoms with Crippen molar-refractivity contribution in [2.45, 2.75) is 19.5 Å². The molecule has 156 valence electrons. The number of rotatable bonds is 11. The van der Waals surface area contributed by atoms with E-state index in [2.05, 4.69) is 10.1 Å². The summed E-state index contributed by atoms with van der Waals surface area (Å²) in [5.74, 6) is -0.0718. The van der Waals surface area contributed by atoms with Crippen LogP contribution in [0, 0.1) is 0 Å². The van der Waals surface area contributed by atoms with Crippen molar-refractivity contribution in [2.75, 3.05) is 25.6 Å². The number of alkyl halides is 2. The normalized spacial score (nSPS) is 10.3. The number of esters is 1. The third kappa shape index (κ3) is 8.04. The van der Waals surface area contributed by atoms with E-state index in [9.17, 15) is 18.4 Å². The van der Waals surface area contributed by atoms with Crippen molar-refractivity contribution in [3.63, 3.8) is 0 Å². The number of carbonyl (C=O) groups excluding carboxylic acids is 2. The highest BCUT2D eigenvalue weighted by Crippen LogP contribution is 2.25. The van der Waals surface area contributed by atoms with Crippen LogP contribution in [-0.2, 0) is 14.3 Å². The number of nitrogens with one attached hydrogen (secondary N) is 1. The second-order valence-corrected chi connectivity index (χ2v) is 5.71. The van der Waals surface area contributed by atoms with Crippen LogP contribution in [0.1, 0.15) is 12.8 Å². The van der Waals surface area contributed by atoms with Crippen LogP contribution >= 0.6 is 0 Å². The molecule has 0 fully saturated rings. The van der Waals surface area contributed by atoms with Gasteiger partial charge in [0.25, 0.3) is 5.91 Å². The van der Waals surface area contributed by atoms with Gasteiger partial charge in [-0.25, -0.2) is 0 Å². The van der Waals surface area contributed by atoms with E-state index in [1.54, 1.807) is 37.4 Å². The maximum absolute atomic E-state index is 12.4. The fourth-order valence-corrected chi connectivity index (χ4v) is 2.25. The Labute approximate surface area is 166 Å². The monoisotopic (exact) mass is 409 g/mol. The van der Waals surface area contributed by atoms with Gasteiger partial charge in [0, 0.05) is 6.42 Å². The molecule has 0 bridgehead atoms. The minimum atomic E-state index is -3.02. The van der Waals surface area contributed by atoms with Crippen molar-refractivity contribution in [3.8, 4) is 17.2 Å². The maximum atomic E-state index is 12.4. The number of hydrogen-bond donors (Lipinski definition) is 1. The molecule has 2 aromatic carbocycles. The average molecular weight is 409 g/mol. The minimum absolute atomic E-state index is 0.0572. The van der Waals surface area contributed by atoms with E-state index in [4.69, 9.17) is 14.2 Å². The van der Waals surface area contributed by atoms with Gasteiger partial charge in [0.05, 0.1) is 19.4 Å². The van der Waals surface area contributed by atoms with E-state index >= 15 is 0 Å². The Kier molecular flexibility index (Phi) is 8.68. The summed E-state index contributed by atoms with van der Waals surface area (Å²) in [6, 6.07) is 12.7. The molecular formula is C20H21F2NO6. The summed E-state index contributed by atoms with van der Waals surface area (Å²) in [6.45, 7) is -3.27. The zero-order valence-electron chi connectivity index (χ0n) is 15.7. The van der Waals surface area contributed by atoms with Gasteiger partial charge in [-0.1, -0.05) is 12.1 Å². The number of carbonyl (C=O) groups is 2. The van der Waals surface area contributed by atoms with Crippen LogP contribution in [0.4, 0.5) is 14.5 Å². The van der Waals surface area contributed by atoms with Crippen LogP contribution in [-0.4, -0.2) is 38.8 Å². The molecule has 0 spiro atoms. The lowest BCUT2D eigenvalue weighted by Gasteiger charge is -2.11. The van der Waals surface area contributed by atoms with Crippen LogP contribution in [0.25, 0.3) is 0 Å². The molecule has 2 rings (SSSR count). The Bertz CT molecular complexity index is 798. The molecule has 9 heteroatoms. The lowest BCUT2D eigenvalue weighted by atomic mass is 10.3. The lowest BCUT2D eigenvalue weighted by molar-refractivity contribution is -0.147. The molecular weight excluding hydrogens is 388 g/mol. The Morgan fingerprint density at radius 3 is 2.41 bits per heavy atom. The number of benzene rings is 2. The predicted octanol–water partition coefficient (Wildman–Crippen LogP) is 3.64. The molecule has 1 N–H and O–H groups in total. The van der Waals surface area contributed by atoms with Gasteiger partial charge in [0.1, 0.15) is 17.2 Å². The zero-order valence-corrected chi connectivity index (χ0v) is 15.7. The quantitative estimate of drug-likeness (QED) is 0.451. The first-order chi connectivity index (χ1) is 14.0. The number of methoxy groups -OCH3 is 1. The fourth-order valence-electron chi connectivity index (χ4n) is 2.25. The molecule has 0 unspecified atom stereocenters. The molecule has 0 saturated carbocycles.